The molecule has 2 atom stereocenters. The van der Waals surface area contributed by atoms with E-state index in [0.29, 0.717) is 39.0 Å². The second-order valence-electron chi connectivity index (χ2n) is 6.99. The number of nitrogens with one attached hydrogen (secondary N) is 2. The first-order valence-electron chi connectivity index (χ1n) is 10.7. The lowest BCUT2D eigenvalue weighted by molar-refractivity contribution is 0.0941. The first-order valence-corrected chi connectivity index (χ1v) is 13.4. The number of carbonyl (C=O) groups is 1. The van der Waals surface area contributed by atoms with Gasteiger partial charge in [-0.25, -0.2) is 8.61 Å². The van der Waals surface area contributed by atoms with Crippen molar-refractivity contribution in [2.24, 2.45) is 9.54 Å². The summed E-state index contributed by atoms with van der Waals surface area (Å²) in [5.74, 6) is -0.305. The average Bonchev–Trinajstić information content (AvgIpc) is 3.08. The summed E-state index contributed by atoms with van der Waals surface area (Å²) < 4.78 is 20.1. The number of rotatable bonds is 7. The number of carbonyl (C=O) groups excluding carboxylic acids is 1. The minimum absolute atomic E-state index is 0.305. The Bertz CT molecular complexity index is 1120. The summed E-state index contributed by atoms with van der Waals surface area (Å²) in [6.45, 7) is 5.85. The van der Waals surface area contributed by atoms with E-state index in [1.807, 2.05) is 39.0 Å². The molecular formula is C24H28Cl2N4O2S2. The zero-order valence-electron chi connectivity index (χ0n) is 19.2. The monoisotopic (exact) mass is 538 g/mol. The molecule has 3 rings (SSSR count). The van der Waals surface area contributed by atoms with Crippen molar-refractivity contribution in [1.29, 1.82) is 0 Å². The fourth-order valence-corrected chi connectivity index (χ4v) is 4.66. The molecule has 0 saturated heterocycles. The largest absolute Gasteiger partial charge is 0.345 e. The Morgan fingerprint density at radius 1 is 1.18 bits per heavy atom. The molecule has 2 aromatic rings. The third kappa shape index (κ3) is 7.99. The van der Waals surface area contributed by atoms with Crippen LogP contribution in [-0.4, -0.2) is 15.8 Å². The molecule has 2 unspecified atom stereocenters. The molecule has 0 aromatic heterocycles. The van der Waals surface area contributed by atoms with Crippen LogP contribution in [0, 0.1) is 0 Å². The van der Waals surface area contributed by atoms with Crippen molar-refractivity contribution in [2.75, 3.05) is 4.72 Å². The van der Waals surface area contributed by atoms with Gasteiger partial charge >= 0.3 is 0 Å². The molecule has 34 heavy (non-hydrogen) atoms. The molecule has 1 aliphatic rings. The lowest BCUT2D eigenvalue weighted by Crippen LogP contribution is -2.27. The number of hydrogen-bond donors (Lipinski definition) is 3. The van der Waals surface area contributed by atoms with Crippen molar-refractivity contribution in [3.63, 3.8) is 0 Å². The Hall–Kier alpha value is -2.10. The van der Waals surface area contributed by atoms with Gasteiger partial charge in [-0.15, -0.1) is 0 Å². The number of anilines is 1. The maximum Gasteiger partial charge on any atom is 0.253 e. The fraction of sp³-hybridized carbons (Fsp3) is 0.250. The number of nitrogens with two attached hydrogens (primary N) is 1. The summed E-state index contributed by atoms with van der Waals surface area (Å²) in [4.78, 5) is 13.6. The second kappa shape index (κ2) is 14.3. The van der Waals surface area contributed by atoms with Gasteiger partial charge in [0.05, 0.1) is 39.5 Å². The predicted octanol–water partition coefficient (Wildman–Crippen LogP) is 6.78. The molecule has 0 bridgehead atoms. The fourth-order valence-electron chi connectivity index (χ4n) is 3.06. The van der Waals surface area contributed by atoms with Crippen molar-refractivity contribution in [2.45, 2.75) is 39.7 Å². The summed E-state index contributed by atoms with van der Waals surface area (Å²) in [6, 6.07) is 11.8. The van der Waals surface area contributed by atoms with Gasteiger partial charge in [0.2, 0.25) is 0 Å². The molecule has 0 spiro atoms. The number of hydrogen-bond acceptors (Lipinski definition) is 5. The van der Waals surface area contributed by atoms with Gasteiger partial charge in [-0.05, 0) is 42.8 Å². The number of nitrogens with zero attached hydrogens (tertiary/aromatic N) is 1. The van der Waals surface area contributed by atoms with Gasteiger partial charge in [0, 0.05) is 23.5 Å². The third-order valence-corrected chi connectivity index (χ3v) is 7.00. The lowest BCUT2D eigenvalue weighted by atomic mass is 10.1. The molecule has 2 aromatic carbocycles. The van der Waals surface area contributed by atoms with Crippen LogP contribution < -0.4 is 15.2 Å². The highest BCUT2D eigenvalue weighted by Crippen LogP contribution is 2.26. The second-order valence-corrected chi connectivity index (χ2v) is 9.46. The highest BCUT2D eigenvalue weighted by molar-refractivity contribution is 7.95. The van der Waals surface area contributed by atoms with E-state index < -0.39 is 11.0 Å². The molecule has 10 heteroatoms. The van der Waals surface area contributed by atoms with Gasteiger partial charge in [-0.3, -0.25) is 9.93 Å². The molecule has 0 aliphatic heterocycles. The van der Waals surface area contributed by atoms with Crippen LogP contribution in [0.3, 0.4) is 0 Å². The summed E-state index contributed by atoms with van der Waals surface area (Å²) >= 11 is 13.0. The van der Waals surface area contributed by atoms with Crippen LogP contribution in [0.4, 0.5) is 5.69 Å². The van der Waals surface area contributed by atoms with E-state index in [0.717, 1.165) is 23.4 Å². The smallest absolute Gasteiger partial charge is 0.253 e. The standard InChI is InChI=1S/C22H22Cl2N4O2S2.C2H6/c1-14(15-10-11-19(23)20(24)12-15)26-22(29)18-8-4-5-9-21(18)28-32(30)17-7-3-2-6-16(13-17)27-31-25;1-2/h2-5,7-12,14,28H,6,13,25H2,1H3,(H,26,29);1-2H3/b27-16-;. The van der Waals surface area contributed by atoms with Crippen LogP contribution in [0.5, 0.6) is 0 Å². The predicted molar refractivity (Wildman–Crippen MR) is 148 cm³/mol. The van der Waals surface area contributed by atoms with E-state index >= 15 is 0 Å². The number of amides is 1. The highest BCUT2D eigenvalue weighted by Gasteiger charge is 2.18. The number of para-hydroxylation sites is 1. The van der Waals surface area contributed by atoms with E-state index in [-0.39, 0.29) is 11.9 Å². The van der Waals surface area contributed by atoms with Gasteiger partial charge in [0.1, 0.15) is 11.0 Å². The summed E-state index contributed by atoms with van der Waals surface area (Å²) in [5, 5.41) is 9.26. The number of halogens is 2. The van der Waals surface area contributed by atoms with E-state index in [1.54, 1.807) is 42.5 Å². The van der Waals surface area contributed by atoms with E-state index in [4.69, 9.17) is 28.3 Å². The number of benzene rings is 2. The first kappa shape index (κ1) is 28.1. The Kier molecular flexibility index (Phi) is 11.9. The van der Waals surface area contributed by atoms with Gasteiger partial charge in [-0.2, -0.15) is 0 Å². The molecule has 1 aliphatic carbocycles. The molecular weight excluding hydrogens is 511 g/mol. The molecule has 0 fully saturated rings. The zero-order chi connectivity index (χ0) is 25.1. The number of allylic oxidation sites excluding steroid dienone is 4. The summed E-state index contributed by atoms with van der Waals surface area (Å²) in [6.07, 6.45) is 6.65. The van der Waals surface area contributed by atoms with E-state index in [9.17, 15) is 9.00 Å². The van der Waals surface area contributed by atoms with Crippen molar-refractivity contribution in [1.82, 2.24) is 5.32 Å². The SMILES string of the molecule is CC.CC(NC(=O)c1ccccc1NS(=O)C1=CC=CC/C(=N/SN)C1)c1ccc(Cl)c(Cl)c1. The van der Waals surface area contributed by atoms with Gasteiger partial charge in [0.15, 0.2) is 0 Å². The van der Waals surface area contributed by atoms with Crippen LogP contribution >= 0.6 is 35.3 Å². The van der Waals surface area contributed by atoms with Crippen LogP contribution in [0.1, 0.15) is 55.6 Å². The van der Waals surface area contributed by atoms with Crippen LogP contribution in [-0.2, 0) is 11.0 Å². The lowest BCUT2D eigenvalue weighted by Gasteiger charge is -2.17. The zero-order valence-corrected chi connectivity index (χ0v) is 22.3. The first-order chi connectivity index (χ1) is 16.4. The molecule has 0 saturated carbocycles. The quantitative estimate of drug-likeness (QED) is 0.338. The summed E-state index contributed by atoms with van der Waals surface area (Å²) in [7, 11) is -1.56. The average molecular weight is 540 g/mol. The maximum absolute atomic E-state index is 13.0. The van der Waals surface area contributed by atoms with Crippen molar-refractivity contribution in [3.8, 4) is 0 Å². The van der Waals surface area contributed by atoms with Gasteiger partial charge < -0.3 is 10.0 Å². The molecule has 4 N–H and O–H groups in total. The van der Waals surface area contributed by atoms with Crippen molar-refractivity contribution in [3.05, 3.63) is 86.8 Å². The molecule has 182 valence electrons. The van der Waals surface area contributed by atoms with Crippen LogP contribution in [0.2, 0.25) is 10.0 Å². The van der Waals surface area contributed by atoms with Crippen LogP contribution in [0.25, 0.3) is 0 Å². The molecule has 1 amide bonds. The van der Waals surface area contributed by atoms with Crippen LogP contribution in [0.15, 0.2) is 70.0 Å². The van der Waals surface area contributed by atoms with Gasteiger partial charge in [0.25, 0.3) is 5.91 Å². The molecule has 0 radical (unpaired) electrons. The molecule has 6 nitrogen and oxygen atoms in total. The highest BCUT2D eigenvalue weighted by atomic mass is 35.5. The van der Waals surface area contributed by atoms with Crippen molar-refractivity contribution >= 4 is 63.6 Å². The van der Waals surface area contributed by atoms with E-state index in [1.165, 1.54) is 0 Å². The Morgan fingerprint density at radius 2 is 1.91 bits per heavy atom. The third-order valence-electron chi connectivity index (χ3n) is 4.74. The Balaban J connectivity index is 0.00000199. The minimum atomic E-state index is -1.56. The minimum Gasteiger partial charge on any atom is -0.345 e. The Morgan fingerprint density at radius 3 is 2.62 bits per heavy atom. The van der Waals surface area contributed by atoms with Gasteiger partial charge in [-0.1, -0.05) is 67.4 Å². The Labute approximate surface area is 217 Å². The molecule has 0 heterocycles. The van der Waals surface area contributed by atoms with E-state index in [2.05, 4.69) is 14.4 Å². The van der Waals surface area contributed by atoms with Crippen molar-refractivity contribution < 1.29 is 9.00 Å². The topological polar surface area (TPSA) is 96.6 Å². The summed E-state index contributed by atoms with van der Waals surface area (Å²) in [5.41, 5.74) is 2.49. The maximum atomic E-state index is 13.0. The normalized spacial score (nSPS) is 15.9.